The van der Waals surface area contributed by atoms with Gasteiger partial charge in [0, 0.05) is 24.9 Å². The molecule has 1 aromatic heterocycles. The third kappa shape index (κ3) is 5.87. The van der Waals surface area contributed by atoms with Crippen molar-refractivity contribution in [2.45, 2.75) is 33.6 Å². The van der Waals surface area contributed by atoms with Crippen LogP contribution in [0.4, 0.5) is 0 Å². The highest BCUT2D eigenvalue weighted by Crippen LogP contribution is 2.25. The van der Waals surface area contributed by atoms with E-state index in [9.17, 15) is 9.59 Å². The van der Waals surface area contributed by atoms with Gasteiger partial charge in [0.1, 0.15) is 4.88 Å². The number of aryl methyl sites for hydroxylation is 1. The van der Waals surface area contributed by atoms with E-state index in [4.69, 9.17) is 9.47 Å². The Hall–Kier alpha value is -1.84. The fourth-order valence-corrected chi connectivity index (χ4v) is 3.38. The van der Waals surface area contributed by atoms with Gasteiger partial charge >= 0.3 is 5.97 Å². The first-order valence-corrected chi connectivity index (χ1v) is 9.21. The molecule has 0 bridgehead atoms. The molecule has 1 aliphatic rings. The van der Waals surface area contributed by atoms with Crippen molar-refractivity contribution in [3.05, 3.63) is 21.4 Å². The number of nitrogens with zero attached hydrogens (tertiary/aromatic N) is 1. The van der Waals surface area contributed by atoms with Crippen LogP contribution in [-0.2, 0) is 20.7 Å². The van der Waals surface area contributed by atoms with Crippen molar-refractivity contribution >= 4 is 23.2 Å². The summed E-state index contributed by atoms with van der Waals surface area (Å²) >= 11 is 1.33. The zero-order chi connectivity index (χ0) is 18.4. The molecule has 0 N–H and O–H groups in total. The first kappa shape index (κ1) is 19.5. The van der Waals surface area contributed by atoms with Crippen molar-refractivity contribution in [2.75, 3.05) is 33.4 Å². The van der Waals surface area contributed by atoms with Gasteiger partial charge in [0.05, 0.1) is 25.2 Å². The van der Waals surface area contributed by atoms with Crippen LogP contribution < -0.4 is 0 Å². The maximum absolute atomic E-state index is 12.3. The molecule has 1 fully saturated rings. The fraction of sp³-hybridized carbons (Fsp3) is 0.579. The summed E-state index contributed by atoms with van der Waals surface area (Å²) in [5.74, 6) is 6.01. The minimum absolute atomic E-state index is 0.0904. The standard InChI is InChI=1S/C19H25NO4S/c1-19(2,3)8-7-15-13-14(17(25-15)18(22)23-4)5-6-16(21)20-9-11-24-12-10-20/h13H,5-6,9-12H2,1-4H3. The van der Waals surface area contributed by atoms with E-state index in [1.807, 2.05) is 31.7 Å². The van der Waals surface area contributed by atoms with Gasteiger partial charge in [-0.2, -0.15) is 0 Å². The average Bonchev–Trinajstić information content (AvgIpc) is 3.00. The van der Waals surface area contributed by atoms with Crippen LogP contribution in [0.2, 0.25) is 0 Å². The molecule has 1 aliphatic heterocycles. The topological polar surface area (TPSA) is 55.8 Å². The second-order valence-electron chi connectivity index (χ2n) is 6.95. The van der Waals surface area contributed by atoms with E-state index in [0.29, 0.717) is 44.0 Å². The van der Waals surface area contributed by atoms with Crippen molar-refractivity contribution in [1.82, 2.24) is 4.90 Å². The number of methoxy groups -OCH3 is 1. The number of ether oxygens (including phenoxy) is 2. The minimum Gasteiger partial charge on any atom is -0.465 e. The number of carbonyl (C=O) groups excluding carboxylic acids is 2. The van der Waals surface area contributed by atoms with E-state index >= 15 is 0 Å². The van der Waals surface area contributed by atoms with Gasteiger partial charge in [-0.25, -0.2) is 4.79 Å². The smallest absolute Gasteiger partial charge is 0.348 e. The number of hydrogen-bond acceptors (Lipinski definition) is 5. The van der Waals surface area contributed by atoms with Crippen molar-refractivity contribution < 1.29 is 19.1 Å². The number of carbonyl (C=O) groups is 2. The number of morpholine rings is 1. The Bertz CT molecular complexity index is 685. The molecule has 136 valence electrons. The highest BCUT2D eigenvalue weighted by molar-refractivity contribution is 7.14. The summed E-state index contributed by atoms with van der Waals surface area (Å²) in [7, 11) is 1.37. The maximum Gasteiger partial charge on any atom is 0.348 e. The normalized spacial score (nSPS) is 14.6. The van der Waals surface area contributed by atoms with Crippen LogP contribution in [-0.4, -0.2) is 50.2 Å². The Morgan fingerprint density at radius 2 is 2.00 bits per heavy atom. The molecule has 2 rings (SSSR count). The van der Waals surface area contributed by atoms with E-state index in [2.05, 4.69) is 11.8 Å². The largest absolute Gasteiger partial charge is 0.465 e. The van der Waals surface area contributed by atoms with Gasteiger partial charge in [-0.05, 0) is 38.8 Å². The Balaban J connectivity index is 2.11. The number of esters is 1. The van der Waals surface area contributed by atoms with Crippen LogP contribution in [0.3, 0.4) is 0 Å². The Kier molecular flexibility index (Phi) is 6.63. The van der Waals surface area contributed by atoms with E-state index in [1.165, 1.54) is 18.4 Å². The highest BCUT2D eigenvalue weighted by Gasteiger charge is 2.20. The molecule has 0 atom stereocenters. The summed E-state index contributed by atoms with van der Waals surface area (Å²) < 4.78 is 10.1. The van der Waals surface area contributed by atoms with Crippen LogP contribution in [0.25, 0.3) is 0 Å². The van der Waals surface area contributed by atoms with Crippen LogP contribution in [0, 0.1) is 17.3 Å². The van der Waals surface area contributed by atoms with Gasteiger partial charge in [-0.15, -0.1) is 11.3 Å². The van der Waals surface area contributed by atoms with E-state index in [0.717, 1.165) is 10.4 Å². The molecule has 0 spiro atoms. The lowest BCUT2D eigenvalue weighted by Crippen LogP contribution is -2.40. The second kappa shape index (κ2) is 8.50. The Morgan fingerprint density at radius 1 is 1.32 bits per heavy atom. The van der Waals surface area contributed by atoms with Gasteiger partial charge in [0.15, 0.2) is 0 Å². The van der Waals surface area contributed by atoms with Crippen molar-refractivity contribution in [3.63, 3.8) is 0 Å². The third-order valence-electron chi connectivity index (χ3n) is 3.71. The van der Waals surface area contributed by atoms with Crippen molar-refractivity contribution in [3.8, 4) is 11.8 Å². The van der Waals surface area contributed by atoms with Gasteiger partial charge in [-0.3, -0.25) is 4.79 Å². The SMILES string of the molecule is COC(=O)c1sc(C#CC(C)(C)C)cc1CCC(=O)N1CCOCC1. The number of amides is 1. The Labute approximate surface area is 153 Å². The lowest BCUT2D eigenvalue weighted by molar-refractivity contribution is -0.135. The molecule has 5 nitrogen and oxygen atoms in total. The van der Waals surface area contributed by atoms with Crippen molar-refractivity contribution in [2.24, 2.45) is 5.41 Å². The zero-order valence-electron chi connectivity index (χ0n) is 15.3. The highest BCUT2D eigenvalue weighted by atomic mass is 32.1. The molecule has 6 heteroatoms. The predicted octanol–water partition coefficient (Wildman–Crippen LogP) is 2.72. The third-order valence-corrected chi connectivity index (χ3v) is 4.79. The van der Waals surface area contributed by atoms with Crippen molar-refractivity contribution in [1.29, 1.82) is 0 Å². The van der Waals surface area contributed by atoms with E-state index in [-0.39, 0.29) is 17.3 Å². The molecular formula is C19H25NO4S. The summed E-state index contributed by atoms with van der Waals surface area (Å²) in [6, 6.07) is 1.91. The zero-order valence-corrected chi connectivity index (χ0v) is 16.1. The summed E-state index contributed by atoms with van der Waals surface area (Å²) in [4.78, 5) is 27.5. The maximum atomic E-state index is 12.3. The van der Waals surface area contributed by atoms with Gasteiger partial charge in [0.2, 0.25) is 5.91 Å². The monoisotopic (exact) mass is 363 g/mol. The van der Waals surface area contributed by atoms with E-state index in [1.54, 1.807) is 0 Å². The molecule has 0 aliphatic carbocycles. The molecule has 1 amide bonds. The number of rotatable bonds is 4. The molecule has 0 saturated carbocycles. The second-order valence-corrected chi connectivity index (χ2v) is 8.00. The summed E-state index contributed by atoms with van der Waals surface area (Å²) in [5.41, 5.74) is 0.721. The predicted molar refractivity (Wildman–Crippen MR) is 97.7 cm³/mol. The molecule has 1 saturated heterocycles. The minimum atomic E-state index is -0.373. The average molecular weight is 363 g/mol. The van der Waals surface area contributed by atoms with Gasteiger partial charge in [0.25, 0.3) is 0 Å². The number of hydrogen-bond donors (Lipinski definition) is 0. The summed E-state index contributed by atoms with van der Waals surface area (Å²) in [6.07, 6.45) is 0.876. The lowest BCUT2D eigenvalue weighted by Gasteiger charge is -2.26. The first-order valence-electron chi connectivity index (χ1n) is 8.40. The molecular weight excluding hydrogens is 338 g/mol. The lowest BCUT2D eigenvalue weighted by atomic mass is 9.98. The van der Waals surface area contributed by atoms with Crippen LogP contribution in [0.15, 0.2) is 6.07 Å². The van der Waals surface area contributed by atoms with Gasteiger partial charge in [-0.1, -0.05) is 11.8 Å². The molecule has 1 aromatic rings. The van der Waals surface area contributed by atoms with Crippen LogP contribution >= 0.6 is 11.3 Å². The first-order chi connectivity index (χ1) is 11.8. The fourth-order valence-electron chi connectivity index (χ4n) is 2.40. The van der Waals surface area contributed by atoms with Crippen LogP contribution in [0.1, 0.15) is 47.3 Å². The van der Waals surface area contributed by atoms with E-state index < -0.39 is 0 Å². The molecule has 25 heavy (non-hydrogen) atoms. The van der Waals surface area contributed by atoms with Crippen LogP contribution in [0.5, 0.6) is 0 Å². The molecule has 0 aromatic carbocycles. The number of thiophene rings is 1. The molecule has 0 radical (unpaired) electrons. The molecule has 2 heterocycles. The quantitative estimate of drug-likeness (QED) is 0.610. The Morgan fingerprint density at radius 3 is 2.60 bits per heavy atom. The summed E-state index contributed by atoms with van der Waals surface area (Å²) in [5, 5.41) is 0. The van der Waals surface area contributed by atoms with Gasteiger partial charge < -0.3 is 14.4 Å². The molecule has 0 unspecified atom stereocenters. The summed E-state index contributed by atoms with van der Waals surface area (Å²) in [6.45, 7) is 8.56.